The number of hydrogen-bond donors (Lipinski definition) is 0. The van der Waals surface area contributed by atoms with Crippen molar-refractivity contribution in [1.82, 2.24) is 9.88 Å². The van der Waals surface area contributed by atoms with E-state index < -0.39 is 5.97 Å². The fourth-order valence-electron chi connectivity index (χ4n) is 2.59. The smallest absolute Gasteiger partial charge is 0.357 e. The third-order valence-corrected chi connectivity index (χ3v) is 4.65. The Bertz CT molecular complexity index is 697. The summed E-state index contributed by atoms with van der Waals surface area (Å²) in [5.41, 5.74) is 1.34. The highest BCUT2D eigenvalue weighted by Crippen LogP contribution is 2.32. The summed E-state index contributed by atoms with van der Waals surface area (Å²) < 4.78 is 4.72. The van der Waals surface area contributed by atoms with Crippen molar-refractivity contribution in [2.75, 3.05) is 7.11 Å². The van der Waals surface area contributed by atoms with Gasteiger partial charge in [0.25, 0.3) is 0 Å². The molecule has 1 heterocycles. The lowest BCUT2D eigenvalue weighted by Crippen LogP contribution is -2.35. The Labute approximate surface area is 146 Å². The van der Waals surface area contributed by atoms with E-state index >= 15 is 0 Å². The van der Waals surface area contributed by atoms with Crippen LogP contribution in [-0.2, 0) is 16.1 Å². The molecule has 1 unspecified atom stereocenters. The summed E-state index contributed by atoms with van der Waals surface area (Å²) in [6.07, 6.45) is 0. The van der Waals surface area contributed by atoms with Crippen molar-refractivity contribution in [2.24, 2.45) is 5.92 Å². The topological polar surface area (TPSA) is 59.5 Å². The lowest BCUT2D eigenvalue weighted by atomic mass is 10.0. The van der Waals surface area contributed by atoms with Crippen molar-refractivity contribution in [3.8, 4) is 0 Å². The van der Waals surface area contributed by atoms with Crippen LogP contribution in [0, 0.1) is 5.92 Å². The maximum absolute atomic E-state index is 12.3. The standard InChI is InChI=1S/C18H22N2O3S/c1-12(2)16(17-19-15(11-24-17)18(22)23-4)20(13(3)21)10-14-8-6-5-7-9-14/h5-9,11-12,16H,10H2,1-4H3. The number of aromatic nitrogens is 1. The molecule has 0 N–H and O–H groups in total. The Morgan fingerprint density at radius 2 is 1.92 bits per heavy atom. The molecule has 0 aliphatic carbocycles. The highest BCUT2D eigenvalue weighted by atomic mass is 32.1. The maximum Gasteiger partial charge on any atom is 0.357 e. The summed E-state index contributed by atoms with van der Waals surface area (Å²) >= 11 is 1.38. The number of hydrogen-bond acceptors (Lipinski definition) is 5. The van der Waals surface area contributed by atoms with Crippen LogP contribution in [0.1, 0.15) is 47.9 Å². The summed E-state index contributed by atoms with van der Waals surface area (Å²) in [7, 11) is 1.33. The second kappa shape index (κ2) is 8.06. The number of amides is 1. The van der Waals surface area contributed by atoms with Crippen molar-refractivity contribution in [3.63, 3.8) is 0 Å². The summed E-state index contributed by atoms with van der Waals surface area (Å²) in [4.78, 5) is 30.1. The average molecular weight is 346 g/mol. The van der Waals surface area contributed by atoms with Gasteiger partial charge in [0.1, 0.15) is 5.01 Å². The molecule has 0 radical (unpaired) electrons. The van der Waals surface area contributed by atoms with Crippen molar-refractivity contribution < 1.29 is 14.3 Å². The van der Waals surface area contributed by atoms with E-state index in [0.29, 0.717) is 6.54 Å². The number of rotatable bonds is 6. The van der Waals surface area contributed by atoms with Gasteiger partial charge in [0, 0.05) is 18.8 Å². The predicted octanol–water partition coefficient (Wildman–Crippen LogP) is 3.68. The molecule has 0 aliphatic heterocycles. The van der Waals surface area contributed by atoms with Crippen LogP contribution in [0.2, 0.25) is 0 Å². The summed E-state index contributed by atoms with van der Waals surface area (Å²) in [5.74, 6) is -0.320. The van der Waals surface area contributed by atoms with E-state index in [1.54, 1.807) is 17.2 Å². The molecule has 24 heavy (non-hydrogen) atoms. The van der Waals surface area contributed by atoms with Crippen LogP contribution in [-0.4, -0.2) is 28.9 Å². The molecule has 0 spiro atoms. The first-order valence-electron chi connectivity index (χ1n) is 7.79. The lowest BCUT2D eigenvalue weighted by molar-refractivity contribution is -0.133. The fraction of sp³-hybridized carbons (Fsp3) is 0.389. The highest BCUT2D eigenvalue weighted by molar-refractivity contribution is 7.09. The van der Waals surface area contributed by atoms with E-state index in [0.717, 1.165) is 10.6 Å². The van der Waals surface area contributed by atoms with Gasteiger partial charge in [-0.3, -0.25) is 4.79 Å². The summed E-state index contributed by atoms with van der Waals surface area (Å²) in [5, 5.41) is 2.42. The van der Waals surface area contributed by atoms with Crippen molar-refractivity contribution in [1.29, 1.82) is 0 Å². The lowest BCUT2D eigenvalue weighted by Gasteiger charge is -2.32. The molecule has 0 saturated heterocycles. The van der Waals surface area contributed by atoms with Crippen LogP contribution in [0.25, 0.3) is 0 Å². The fourth-order valence-corrected chi connectivity index (χ4v) is 3.66. The minimum Gasteiger partial charge on any atom is -0.464 e. The third-order valence-electron chi connectivity index (χ3n) is 3.74. The predicted molar refractivity (Wildman–Crippen MR) is 93.7 cm³/mol. The molecule has 0 fully saturated rings. The summed E-state index contributed by atoms with van der Waals surface area (Å²) in [6.45, 7) is 6.16. The van der Waals surface area contributed by atoms with Crippen LogP contribution >= 0.6 is 11.3 Å². The zero-order valence-electron chi connectivity index (χ0n) is 14.4. The normalized spacial score (nSPS) is 12.0. The van der Waals surface area contributed by atoms with Gasteiger partial charge in [-0.1, -0.05) is 44.2 Å². The van der Waals surface area contributed by atoms with Gasteiger partial charge in [0.2, 0.25) is 5.91 Å². The Kier molecular flexibility index (Phi) is 6.09. The molecule has 0 bridgehead atoms. The monoisotopic (exact) mass is 346 g/mol. The third kappa shape index (κ3) is 4.20. The van der Waals surface area contributed by atoms with Crippen LogP contribution in [0.15, 0.2) is 35.7 Å². The summed E-state index contributed by atoms with van der Waals surface area (Å²) in [6, 6.07) is 9.66. The molecular weight excluding hydrogens is 324 g/mol. The van der Waals surface area contributed by atoms with E-state index in [1.807, 2.05) is 44.2 Å². The molecule has 1 amide bonds. The van der Waals surface area contributed by atoms with Crippen LogP contribution < -0.4 is 0 Å². The number of ether oxygens (including phenoxy) is 1. The van der Waals surface area contributed by atoms with Crippen LogP contribution in [0.5, 0.6) is 0 Å². The largest absolute Gasteiger partial charge is 0.464 e. The molecule has 6 heteroatoms. The van der Waals surface area contributed by atoms with E-state index in [4.69, 9.17) is 4.74 Å². The van der Waals surface area contributed by atoms with E-state index in [-0.39, 0.29) is 23.6 Å². The molecule has 1 atom stereocenters. The van der Waals surface area contributed by atoms with E-state index in [1.165, 1.54) is 18.4 Å². The Morgan fingerprint density at radius 3 is 2.46 bits per heavy atom. The first-order chi connectivity index (χ1) is 11.4. The minimum atomic E-state index is -0.461. The maximum atomic E-state index is 12.3. The Hall–Kier alpha value is -2.21. The van der Waals surface area contributed by atoms with Gasteiger partial charge in [-0.15, -0.1) is 11.3 Å². The first kappa shape index (κ1) is 18.1. The molecule has 1 aromatic carbocycles. The quantitative estimate of drug-likeness (QED) is 0.749. The molecule has 5 nitrogen and oxygen atoms in total. The van der Waals surface area contributed by atoms with Gasteiger partial charge in [-0.05, 0) is 11.5 Å². The molecular formula is C18H22N2O3S. The molecule has 2 rings (SSSR count). The number of carbonyl (C=O) groups excluding carboxylic acids is 2. The minimum absolute atomic E-state index is 0.0210. The second-order valence-electron chi connectivity index (χ2n) is 5.88. The van der Waals surface area contributed by atoms with Crippen molar-refractivity contribution in [3.05, 3.63) is 52.0 Å². The van der Waals surface area contributed by atoms with Gasteiger partial charge in [-0.2, -0.15) is 0 Å². The Balaban J connectivity index is 2.33. The van der Waals surface area contributed by atoms with E-state index in [2.05, 4.69) is 4.98 Å². The zero-order valence-corrected chi connectivity index (χ0v) is 15.2. The van der Waals surface area contributed by atoms with Crippen molar-refractivity contribution >= 4 is 23.2 Å². The zero-order chi connectivity index (χ0) is 17.7. The average Bonchev–Trinajstić information content (AvgIpc) is 3.03. The van der Waals surface area contributed by atoms with Crippen LogP contribution in [0.3, 0.4) is 0 Å². The molecule has 128 valence electrons. The number of thiazole rings is 1. The van der Waals surface area contributed by atoms with Crippen LogP contribution in [0.4, 0.5) is 0 Å². The molecule has 2 aromatic rings. The van der Waals surface area contributed by atoms with Gasteiger partial charge in [0.15, 0.2) is 5.69 Å². The van der Waals surface area contributed by atoms with E-state index in [9.17, 15) is 9.59 Å². The molecule has 0 aliphatic rings. The first-order valence-corrected chi connectivity index (χ1v) is 8.66. The number of benzene rings is 1. The van der Waals surface area contributed by atoms with Gasteiger partial charge < -0.3 is 9.64 Å². The number of nitrogens with zero attached hydrogens (tertiary/aromatic N) is 2. The molecule has 0 saturated carbocycles. The number of esters is 1. The Morgan fingerprint density at radius 1 is 1.25 bits per heavy atom. The highest BCUT2D eigenvalue weighted by Gasteiger charge is 2.29. The molecule has 1 aromatic heterocycles. The SMILES string of the molecule is COC(=O)c1csc(C(C(C)C)N(Cc2ccccc2)C(C)=O)n1. The van der Waals surface area contributed by atoms with Gasteiger partial charge >= 0.3 is 5.97 Å². The number of methoxy groups -OCH3 is 1. The van der Waals surface area contributed by atoms with Gasteiger partial charge in [0.05, 0.1) is 13.2 Å². The van der Waals surface area contributed by atoms with Gasteiger partial charge in [-0.25, -0.2) is 9.78 Å². The second-order valence-corrected chi connectivity index (χ2v) is 6.77. The van der Waals surface area contributed by atoms with Crippen molar-refractivity contribution in [2.45, 2.75) is 33.4 Å². The number of carbonyl (C=O) groups is 2.